The Morgan fingerprint density at radius 2 is 2.15 bits per heavy atom. The molecular formula is C13H18N4O2S. The molecule has 1 aromatic heterocycles. The molecule has 0 aromatic carbocycles. The van der Waals surface area contributed by atoms with Gasteiger partial charge in [0.15, 0.2) is 0 Å². The Balaban J connectivity index is 2.09. The number of pyridine rings is 1. The van der Waals surface area contributed by atoms with Gasteiger partial charge in [0.25, 0.3) is 0 Å². The summed E-state index contributed by atoms with van der Waals surface area (Å²) in [5.74, 6) is 0.533. The van der Waals surface area contributed by atoms with Crippen molar-refractivity contribution >= 4 is 10.0 Å². The van der Waals surface area contributed by atoms with E-state index in [2.05, 4.69) is 10.3 Å². The highest BCUT2D eigenvalue weighted by atomic mass is 32.2. The van der Waals surface area contributed by atoms with Crippen LogP contribution in [0.2, 0.25) is 0 Å². The zero-order valence-electron chi connectivity index (χ0n) is 11.4. The van der Waals surface area contributed by atoms with Crippen LogP contribution in [-0.4, -0.2) is 44.4 Å². The van der Waals surface area contributed by atoms with Crippen molar-refractivity contribution in [1.82, 2.24) is 14.6 Å². The summed E-state index contributed by atoms with van der Waals surface area (Å²) in [6.45, 7) is 2.00. The predicted molar refractivity (Wildman–Crippen MR) is 74.4 cm³/mol. The minimum atomic E-state index is -3.48. The molecule has 6 nitrogen and oxygen atoms in total. The van der Waals surface area contributed by atoms with Crippen molar-refractivity contribution in [3.63, 3.8) is 0 Å². The van der Waals surface area contributed by atoms with Gasteiger partial charge in [0, 0.05) is 19.3 Å². The molecule has 0 amide bonds. The molecule has 0 saturated carbocycles. The third-order valence-electron chi connectivity index (χ3n) is 3.55. The van der Waals surface area contributed by atoms with Crippen LogP contribution in [0.15, 0.2) is 23.2 Å². The van der Waals surface area contributed by atoms with Gasteiger partial charge < -0.3 is 5.32 Å². The fourth-order valence-electron chi connectivity index (χ4n) is 2.39. The second-order valence-electron chi connectivity index (χ2n) is 4.90. The van der Waals surface area contributed by atoms with Crippen LogP contribution in [0.25, 0.3) is 0 Å². The summed E-state index contributed by atoms with van der Waals surface area (Å²) >= 11 is 0. The van der Waals surface area contributed by atoms with Crippen LogP contribution in [0, 0.1) is 17.2 Å². The first-order valence-corrected chi connectivity index (χ1v) is 8.03. The molecule has 0 radical (unpaired) electrons. The van der Waals surface area contributed by atoms with Crippen LogP contribution in [-0.2, 0) is 10.0 Å². The minimum absolute atomic E-state index is 0.156. The maximum atomic E-state index is 12.4. The summed E-state index contributed by atoms with van der Waals surface area (Å²) < 4.78 is 26.4. The predicted octanol–water partition coefficient (Wildman–Crippen LogP) is 0.573. The SMILES string of the molecule is CNCC1CCN(S(=O)(=O)c2ccc(C#N)nc2)CC1. The van der Waals surface area contributed by atoms with Gasteiger partial charge in [-0.2, -0.15) is 9.57 Å². The van der Waals surface area contributed by atoms with Crippen LogP contribution in [0.4, 0.5) is 0 Å². The molecule has 20 heavy (non-hydrogen) atoms. The number of nitriles is 1. The highest BCUT2D eigenvalue weighted by Gasteiger charge is 2.29. The van der Waals surface area contributed by atoms with Crippen LogP contribution in [0.1, 0.15) is 18.5 Å². The highest BCUT2D eigenvalue weighted by molar-refractivity contribution is 7.89. The number of nitrogens with one attached hydrogen (secondary N) is 1. The van der Waals surface area contributed by atoms with Crippen LogP contribution >= 0.6 is 0 Å². The van der Waals surface area contributed by atoms with Gasteiger partial charge in [-0.25, -0.2) is 13.4 Å². The van der Waals surface area contributed by atoms with Crippen molar-refractivity contribution < 1.29 is 8.42 Å². The Morgan fingerprint density at radius 1 is 1.45 bits per heavy atom. The summed E-state index contributed by atoms with van der Waals surface area (Å²) in [7, 11) is -1.58. The van der Waals surface area contributed by atoms with E-state index >= 15 is 0 Å². The normalized spacial score (nSPS) is 17.8. The third kappa shape index (κ3) is 3.15. The summed E-state index contributed by atoms with van der Waals surface area (Å²) in [4.78, 5) is 3.98. The zero-order valence-corrected chi connectivity index (χ0v) is 12.2. The molecule has 1 aliphatic rings. The molecule has 2 heterocycles. The quantitative estimate of drug-likeness (QED) is 0.877. The summed E-state index contributed by atoms with van der Waals surface area (Å²) in [6.07, 6.45) is 2.99. The number of aromatic nitrogens is 1. The Hall–Kier alpha value is -1.49. The number of hydrogen-bond donors (Lipinski definition) is 1. The monoisotopic (exact) mass is 294 g/mol. The van der Waals surface area contributed by atoms with Gasteiger partial charge in [-0.3, -0.25) is 0 Å². The van der Waals surface area contributed by atoms with E-state index in [1.807, 2.05) is 13.1 Å². The van der Waals surface area contributed by atoms with Gasteiger partial charge in [-0.1, -0.05) is 0 Å². The van der Waals surface area contributed by atoms with Gasteiger partial charge in [0.2, 0.25) is 10.0 Å². The van der Waals surface area contributed by atoms with E-state index in [-0.39, 0.29) is 10.6 Å². The van der Waals surface area contributed by atoms with Gasteiger partial charge in [-0.15, -0.1) is 0 Å². The molecule has 1 N–H and O–H groups in total. The topological polar surface area (TPSA) is 86.1 Å². The van der Waals surface area contributed by atoms with E-state index < -0.39 is 10.0 Å². The highest BCUT2D eigenvalue weighted by Crippen LogP contribution is 2.23. The van der Waals surface area contributed by atoms with Crippen LogP contribution in [0.3, 0.4) is 0 Å². The maximum Gasteiger partial charge on any atom is 0.244 e. The second kappa shape index (κ2) is 6.31. The first-order chi connectivity index (χ1) is 9.57. The van der Waals surface area contributed by atoms with Crippen LogP contribution < -0.4 is 5.32 Å². The molecule has 1 saturated heterocycles. The molecule has 0 aliphatic carbocycles. The standard InChI is InChI=1S/C13H18N4O2S/c1-15-9-11-4-6-17(7-5-11)20(18,19)13-3-2-12(8-14)16-10-13/h2-3,10-11,15H,4-7,9H2,1H3. The van der Waals surface area contributed by atoms with Crippen molar-refractivity contribution in [3.05, 3.63) is 24.0 Å². The van der Waals surface area contributed by atoms with Gasteiger partial charge in [0.1, 0.15) is 16.7 Å². The van der Waals surface area contributed by atoms with Crippen molar-refractivity contribution in [1.29, 1.82) is 5.26 Å². The number of sulfonamides is 1. The lowest BCUT2D eigenvalue weighted by molar-refractivity contribution is 0.270. The van der Waals surface area contributed by atoms with Gasteiger partial charge >= 0.3 is 0 Å². The molecule has 0 unspecified atom stereocenters. The fourth-order valence-corrected chi connectivity index (χ4v) is 3.81. The van der Waals surface area contributed by atoms with E-state index in [0.717, 1.165) is 19.4 Å². The van der Waals surface area contributed by atoms with Gasteiger partial charge in [-0.05, 0) is 44.5 Å². The lowest BCUT2D eigenvalue weighted by Gasteiger charge is -2.31. The number of nitrogens with zero attached hydrogens (tertiary/aromatic N) is 3. The molecule has 1 fully saturated rings. The average molecular weight is 294 g/mol. The Bertz CT molecular complexity index is 584. The molecular weight excluding hydrogens is 276 g/mol. The van der Waals surface area contributed by atoms with Crippen molar-refractivity contribution in [2.24, 2.45) is 5.92 Å². The molecule has 0 bridgehead atoms. The van der Waals surface area contributed by atoms with E-state index in [1.54, 1.807) is 0 Å². The summed E-state index contributed by atoms with van der Waals surface area (Å²) in [6, 6.07) is 4.75. The maximum absolute atomic E-state index is 12.4. The van der Waals surface area contributed by atoms with Crippen molar-refractivity contribution in [3.8, 4) is 6.07 Å². The lowest BCUT2D eigenvalue weighted by Crippen LogP contribution is -2.40. The first-order valence-electron chi connectivity index (χ1n) is 6.59. The van der Waals surface area contributed by atoms with Crippen molar-refractivity contribution in [2.45, 2.75) is 17.7 Å². The number of hydrogen-bond acceptors (Lipinski definition) is 5. The Morgan fingerprint density at radius 3 is 2.65 bits per heavy atom. The van der Waals surface area contributed by atoms with E-state index in [1.165, 1.54) is 22.6 Å². The zero-order chi connectivity index (χ0) is 14.6. The lowest BCUT2D eigenvalue weighted by atomic mass is 9.98. The first kappa shape index (κ1) is 14.9. The smallest absolute Gasteiger partial charge is 0.244 e. The average Bonchev–Trinajstić information content (AvgIpc) is 2.48. The molecule has 108 valence electrons. The summed E-state index contributed by atoms with van der Waals surface area (Å²) in [5.41, 5.74) is 0.219. The second-order valence-corrected chi connectivity index (χ2v) is 6.83. The molecule has 1 aliphatic heterocycles. The third-order valence-corrected chi connectivity index (χ3v) is 5.44. The van der Waals surface area contributed by atoms with Gasteiger partial charge in [0.05, 0.1) is 0 Å². The molecule has 1 aromatic rings. The number of piperidine rings is 1. The number of rotatable bonds is 4. The van der Waals surface area contributed by atoms with E-state index in [4.69, 9.17) is 5.26 Å². The minimum Gasteiger partial charge on any atom is -0.319 e. The summed E-state index contributed by atoms with van der Waals surface area (Å²) in [5, 5.41) is 11.8. The Labute approximate surface area is 119 Å². The molecule has 2 rings (SSSR count). The molecule has 7 heteroatoms. The van der Waals surface area contributed by atoms with Crippen LogP contribution in [0.5, 0.6) is 0 Å². The largest absolute Gasteiger partial charge is 0.319 e. The van der Waals surface area contributed by atoms with E-state index in [9.17, 15) is 8.42 Å². The van der Waals surface area contributed by atoms with E-state index in [0.29, 0.717) is 19.0 Å². The van der Waals surface area contributed by atoms with Crippen molar-refractivity contribution in [2.75, 3.05) is 26.7 Å². The Kier molecular flexibility index (Phi) is 4.70. The fraction of sp³-hybridized carbons (Fsp3) is 0.538. The molecule has 0 spiro atoms. The molecule has 0 atom stereocenters.